The number of piperidine rings is 1. The molecule has 1 N–H and O–H groups in total. The fourth-order valence-corrected chi connectivity index (χ4v) is 5.02. The fourth-order valence-electron chi connectivity index (χ4n) is 5.02. The Labute approximate surface area is 192 Å². The number of hydrogen-bond acceptors (Lipinski definition) is 5. The number of benzene rings is 1. The predicted molar refractivity (Wildman–Crippen MR) is 129 cm³/mol. The number of pyridine rings is 1. The van der Waals surface area contributed by atoms with E-state index in [2.05, 4.69) is 26.4 Å². The third-order valence-corrected chi connectivity index (χ3v) is 7.02. The summed E-state index contributed by atoms with van der Waals surface area (Å²) in [4.78, 5) is 20.5. The predicted octanol–water partition coefficient (Wildman–Crippen LogP) is 2.90. The van der Waals surface area contributed by atoms with Crippen LogP contribution in [0.5, 0.6) is 0 Å². The highest BCUT2D eigenvalue weighted by Gasteiger charge is 2.39. The van der Waals surface area contributed by atoms with Crippen molar-refractivity contribution in [2.45, 2.75) is 25.8 Å². The van der Waals surface area contributed by atoms with Crippen LogP contribution >= 0.6 is 12.4 Å². The molecule has 6 rings (SSSR count). The molecule has 8 heteroatoms. The zero-order chi connectivity index (χ0) is 20.8. The van der Waals surface area contributed by atoms with Gasteiger partial charge in [0.15, 0.2) is 0 Å². The monoisotopic (exact) mass is 450 g/mol. The van der Waals surface area contributed by atoms with Crippen molar-refractivity contribution in [3.8, 4) is 0 Å². The highest BCUT2D eigenvalue weighted by atomic mass is 35.5. The smallest absolute Gasteiger partial charge is 0.276 e. The summed E-state index contributed by atoms with van der Waals surface area (Å²) in [6.45, 7) is 4.79. The van der Waals surface area contributed by atoms with E-state index in [-0.39, 0.29) is 18.0 Å². The van der Waals surface area contributed by atoms with Crippen LogP contribution in [0.15, 0.2) is 59.8 Å². The first-order valence-corrected chi connectivity index (χ1v) is 11.1. The zero-order valence-corrected chi connectivity index (χ0v) is 18.7. The third-order valence-electron chi connectivity index (χ3n) is 7.02. The van der Waals surface area contributed by atoms with Gasteiger partial charge >= 0.3 is 0 Å². The zero-order valence-electron chi connectivity index (χ0n) is 17.9. The van der Waals surface area contributed by atoms with Crippen molar-refractivity contribution in [1.82, 2.24) is 24.5 Å². The van der Waals surface area contributed by atoms with Gasteiger partial charge in [-0.1, -0.05) is 18.2 Å². The van der Waals surface area contributed by atoms with E-state index < -0.39 is 0 Å². The average Bonchev–Trinajstić information content (AvgIpc) is 3.20. The highest BCUT2D eigenvalue weighted by molar-refractivity contribution is 5.93. The lowest BCUT2D eigenvalue weighted by atomic mass is 9.73. The van der Waals surface area contributed by atoms with Gasteiger partial charge in [0.25, 0.3) is 5.56 Å². The van der Waals surface area contributed by atoms with Crippen LogP contribution in [0, 0.1) is 5.41 Å². The van der Waals surface area contributed by atoms with Crippen LogP contribution < -0.4 is 15.8 Å². The lowest BCUT2D eigenvalue weighted by Crippen LogP contribution is -2.58. The van der Waals surface area contributed by atoms with Crippen LogP contribution in [0.25, 0.3) is 16.4 Å². The molecule has 0 amide bonds. The lowest BCUT2D eigenvalue weighted by Gasteiger charge is -2.49. The number of nitrogens with one attached hydrogen (secondary N) is 1. The summed E-state index contributed by atoms with van der Waals surface area (Å²) in [5, 5.41) is 9.57. The number of rotatable bonds is 4. The van der Waals surface area contributed by atoms with E-state index >= 15 is 0 Å². The minimum atomic E-state index is -0.0116. The molecular weight excluding hydrogens is 424 g/mol. The van der Waals surface area contributed by atoms with Crippen LogP contribution in [0.1, 0.15) is 18.5 Å². The Morgan fingerprint density at radius 2 is 1.91 bits per heavy atom. The Bertz CT molecular complexity index is 1280. The molecule has 2 aliphatic heterocycles. The normalized spacial score (nSPS) is 17.4. The van der Waals surface area contributed by atoms with E-state index in [0.717, 1.165) is 54.0 Å². The maximum Gasteiger partial charge on any atom is 0.276 e. The summed E-state index contributed by atoms with van der Waals surface area (Å²) in [6, 6.07) is 12.1. The number of nitrogens with zero attached hydrogens (tertiary/aromatic N) is 5. The minimum absolute atomic E-state index is 0. The maximum atomic E-state index is 13.4. The first-order valence-electron chi connectivity index (χ1n) is 11.1. The molecule has 7 nitrogen and oxygen atoms in total. The van der Waals surface area contributed by atoms with Crippen LogP contribution in [0.3, 0.4) is 0 Å². The van der Waals surface area contributed by atoms with Gasteiger partial charge in [-0.25, -0.2) is 9.67 Å². The summed E-state index contributed by atoms with van der Waals surface area (Å²) in [5.74, 6) is 0. The fraction of sp³-hybridized carbons (Fsp3) is 0.375. The van der Waals surface area contributed by atoms with Crippen LogP contribution in [-0.4, -0.2) is 45.3 Å². The summed E-state index contributed by atoms with van der Waals surface area (Å²) in [6.07, 6.45) is 8.87. The molecule has 166 valence electrons. The largest absolute Gasteiger partial charge is 0.371 e. The van der Waals surface area contributed by atoms with Gasteiger partial charge in [0, 0.05) is 50.4 Å². The molecular formula is C24H27ClN6O. The molecule has 4 aromatic rings. The molecule has 3 aromatic heterocycles. The van der Waals surface area contributed by atoms with Crippen molar-refractivity contribution in [3.05, 3.63) is 71.0 Å². The topological polar surface area (TPSA) is 67.5 Å². The first kappa shape index (κ1) is 21.0. The standard InChI is InChI=1S/C24H26N6O.ClH/c31-23-22-18(4-3-5-20(22)28-12-8-24(9-13-28)16-25-17-24)14-26-30(23)11-7-19-15-29-10-2-1-6-21(29)27-19;/h1-6,10,14-15,25H,7-9,11-13,16-17H2;1H. The van der Waals surface area contributed by atoms with Gasteiger partial charge in [0.05, 0.1) is 29.5 Å². The van der Waals surface area contributed by atoms with Crippen molar-refractivity contribution >= 4 is 34.5 Å². The Kier molecular flexibility index (Phi) is 5.39. The number of aromatic nitrogens is 4. The SMILES string of the molecule is Cl.O=c1c2c(N3CCC4(CC3)CNC4)cccc2cnn1CCc1cn2ccccc2n1. The van der Waals surface area contributed by atoms with E-state index in [4.69, 9.17) is 0 Å². The molecule has 0 unspecified atom stereocenters. The summed E-state index contributed by atoms with van der Waals surface area (Å²) in [7, 11) is 0. The van der Waals surface area contributed by atoms with Crippen LogP contribution in [0.2, 0.25) is 0 Å². The quantitative estimate of drug-likeness (QED) is 0.518. The lowest BCUT2D eigenvalue weighted by molar-refractivity contribution is 0.126. The van der Waals surface area contributed by atoms with Crippen molar-refractivity contribution in [3.63, 3.8) is 0 Å². The average molecular weight is 451 g/mol. The number of hydrogen-bond donors (Lipinski definition) is 1. The second-order valence-electron chi connectivity index (χ2n) is 8.95. The van der Waals surface area contributed by atoms with E-state index in [1.807, 2.05) is 53.3 Å². The number of anilines is 1. The van der Waals surface area contributed by atoms with Crippen molar-refractivity contribution < 1.29 is 0 Å². The van der Waals surface area contributed by atoms with E-state index in [0.29, 0.717) is 18.4 Å². The Morgan fingerprint density at radius 1 is 1.06 bits per heavy atom. The van der Waals surface area contributed by atoms with Crippen molar-refractivity contribution in [2.75, 3.05) is 31.1 Å². The Balaban J connectivity index is 0.00000216. The molecule has 0 saturated carbocycles. The number of imidazole rings is 1. The summed E-state index contributed by atoms with van der Waals surface area (Å²) < 4.78 is 3.60. The molecule has 32 heavy (non-hydrogen) atoms. The molecule has 5 heterocycles. The molecule has 2 aliphatic rings. The van der Waals surface area contributed by atoms with Gasteiger partial charge in [0.1, 0.15) is 5.65 Å². The van der Waals surface area contributed by atoms with Gasteiger partial charge in [-0.3, -0.25) is 4.79 Å². The summed E-state index contributed by atoms with van der Waals surface area (Å²) in [5.41, 5.74) is 3.40. The minimum Gasteiger partial charge on any atom is -0.371 e. The Hall–Kier alpha value is -2.90. The van der Waals surface area contributed by atoms with Crippen LogP contribution in [-0.2, 0) is 13.0 Å². The van der Waals surface area contributed by atoms with Gasteiger partial charge in [-0.15, -0.1) is 12.4 Å². The highest BCUT2D eigenvalue weighted by Crippen LogP contribution is 2.37. The van der Waals surface area contributed by atoms with Gasteiger partial charge in [-0.05, 0) is 36.5 Å². The second kappa shape index (κ2) is 8.22. The molecule has 2 fully saturated rings. The van der Waals surface area contributed by atoms with Gasteiger partial charge in [0.2, 0.25) is 0 Å². The number of aryl methyl sites for hydroxylation is 2. The Morgan fingerprint density at radius 3 is 2.66 bits per heavy atom. The van der Waals surface area contributed by atoms with Crippen molar-refractivity contribution in [2.24, 2.45) is 5.41 Å². The third kappa shape index (κ3) is 3.55. The van der Waals surface area contributed by atoms with Crippen LogP contribution in [0.4, 0.5) is 5.69 Å². The summed E-state index contributed by atoms with van der Waals surface area (Å²) >= 11 is 0. The van der Waals surface area contributed by atoms with E-state index in [9.17, 15) is 4.79 Å². The molecule has 0 aliphatic carbocycles. The second-order valence-corrected chi connectivity index (χ2v) is 8.95. The molecule has 0 radical (unpaired) electrons. The number of fused-ring (bicyclic) bond motifs is 2. The van der Waals surface area contributed by atoms with E-state index in [1.54, 1.807) is 4.68 Å². The van der Waals surface area contributed by atoms with Crippen molar-refractivity contribution in [1.29, 1.82) is 0 Å². The molecule has 2 saturated heterocycles. The van der Waals surface area contributed by atoms with E-state index in [1.165, 1.54) is 12.8 Å². The molecule has 0 bridgehead atoms. The molecule has 1 aromatic carbocycles. The molecule has 0 atom stereocenters. The van der Waals surface area contributed by atoms with Gasteiger partial charge in [-0.2, -0.15) is 5.10 Å². The maximum absolute atomic E-state index is 13.4. The first-order chi connectivity index (χ1) is 15.2. The number of halogens is 1. The molecule has 1 spiro atoms. The van der Waals surface area contributed by atoms with Gasteiger partial charge < -0.3 is 14.6 Å².